The van der Waals surface area contributed by atoms with Gasteiger partial charge >= 0.3 is 0 Å². The highest BCUT2D eigenvalue weighted by atomic mass is 16.3. The molecule has 1 heteroatoms. The van der Waals surface area contributed by atoms with Gasteiger partial charge in [0, 0.05) is 0 Å². The van der Waals surface area contributed by atoms with E-state index >= 15 is 0 Å². The van der Waals surface area contributed by atoms with Gasteiger partial charge in [0.15, 0.2) is 0 Å². The van der Waals surface area contributed by atoms with Crippen LogP contribution < -0.4 is 0 Å². The summed E-state index contributed by atoms with van der Waals surface area (Å²) in [6, 6.07) is 0. The van der Waals surface area contributed by atoms with E-state index in [0.29, 0.717) is 17.8 Å². The van der Waals surface area contributed by atoms with E-state index in [1.54, 1.807) is 6.08 Å². The van der Waals surface area contributed by atoms with Crippen molar-refractivity contribution in [2.45, 2.75) is 45.6 Å². The van der Waals surface area contributed by atoms with E-state index in [9.17, 15) is 5.11 Å². The molecule has 2 atom stereocenters. The molecule has 0 aromatic rings. The third kappa shape index (κ3) is 2.19. The zero-order valence-electron chi connectivity index (χ0n) is 9.38. The highest BCUT2D eigenvalue weighted by Gasteiger charge is 2.33. The Hall–Kier alpha value is -0.740. The summed E-state index contributed by atoms with van der Waals surface area (Å²) >= 11 is 0. The van der Waals surface area contributed by atoms with Crippen LogP contribution in [0.25, 0.3) is 0 Å². The van der Waals surface area contributed by atoms with Gasteiger partial charge in [0.25, 0.3) is 0 Å². The minimum Gasteiger partial charge on any atom is -0.374 e. The predicted molar refractivity (Wildman–Crippen MR) is 59.7 cm³/mol. The van der Waals surface area contributed by atoms with Crippen LogP contribution in [0.1, 0.15) is 40.0 Å². The third-order valence-electron chi connectivity index (χ3n) is 3.61. The van der Waals surface area contributed by atoms with Gasteiger partial charge in [-0.05, 0) is 30.3 Å². The molecule has 1 aliphatic carbocycles. The summed E-state index contributed by atoms with van der Waals surface area (Å²) in [6.45, 7) is 6.74. The van der Waals surface area contributed by atoms with Gasteiger partial charge in [0.05, 0.1) is 0 Å². The van der Waals surface area contributed by atoms with Crippen molar-refractivity contribution in [1.82, 2.24) is 0 Å². The Morgan fingerprint density at radius 3 is 2.64 bits per heavy atom. The van der Waals surface area contributed by atoms with E-state index < -0.39 is 5.60 Å². The zero-order chi connectivity index (χ0) is 10.8. The van der Waals surface area contributed by atoms with E-state index in [0.717, 1.165) is 12.8 Å². The quantitative estimate of drug-likeness (QED) is 0.527. The summed E-state index contributed by atoms with van der Waals surface area (Å²) in [5.41, 5.74) is -0.674. The van der Waals surface area contributed by atoms with Crippen LogP contribution in [0.4, 0.5) is 0 Å². The normalized spacial score (nSPS) is 32.6. The summed E-state index contributed by atoms with van der Waals surface area (Å²) in [7, 11) is 0. The molecule has 0 saturated carbocycles. The molecule has 0 heterocycles. The standard InChI is InChI=1S/C13H20O/c1-5-12(3,4)11-7-9-13(14,6-2)10-8-11/h2,7,9,11,14H,5,8,10H2,1,3-4H3. The molecule has 1 N–H and O–H groups in total. The molecular formula is C13H20O. The molecule has 1 aliphatic rings. The fraction of sp³-hybridized carbons (Fsp3) is 0.692. The highest BCUT2D eigenvalue weighted by Crippen LogP contribution is 2.39. The van der Waals surface area contributed by atoms with Crippen molar-refractivity contribution in [3.63, 3.8) is 0 Å². The number of terminal acetylenes is 1. The van der Waals surface area contributed by atoms with Crippen LogP contribution in [0.15, 0.2) is 12.2 Å². The van der Waals surface area contributed by atoms with E-state index in [1.165, 1.54) is 0 Å². The molecule has 1 rings (SSSR count). The van der Waals surface area contributed by atoms with Crippen LogP contribution in [0.2, 0.25) is 0 Å². The number of allylic oxidation sites excluding steroid dienone is 1. The lowest BCUT2D eigenvalue weighted by Gasteiger charge is -2.36. The van der Waals surface area contributed by atoms with Crippen LogP contribution in [0.3, 0.4) is 0 Å². The number of rotatable bonds is 2. The second kappa shape index (κ2) is 3.79. The van der Waals surface area contributed by atoms with E-state index in [-0.39, 0.29) is 0 Å². The average molecular weight is 192 g/mol. The molecule has 0 aliphatic heterocycles. The van der Waals surface area contributed by atoms with Crippen LogP contribution in [0, 0.1) is 23.7 Å². The number of aliphatic hydroxyl groups is 1. The Morgan fingerprint density at radius 2 is 2.29 bits per heavy atom. The monoisotopic (exact) mass is 192 g/mol. The molecule has 0 spiro atoms. The topological polar surface area (TPSA) is 20.2 Å². The number of hydrogen-bond donors (Lipinski definition) is 1. The van der Waals surface area contributed by atoms with E-state index in [1.807, 2.05) is 0 Å². The molecule has 0 amide bonds. The second-order valence-corrected chi connectivity index (χ2v) is 4.92. The zero-order valence-corrected chi connectivity index (χ0v) is 9.38. The van der Waals surface area contributed by atoms with E-state index in [2.05, 4.69) is 32.8 Å². The second-order valence-electron chi connectivity index (χ2n) is 4.92. The maximum atomic E-state index is 9.81. The minimum absolute atomic E-state index is 0.312. The van der Waals surface area contributed by atoms with Crippen molar-refractivity contribution >= 4 is 0 Å². The average Bonchev–Trinajstić information content (AvgIpc) is 2.19. The van der Waals surface area contributed by atoms with E-state index in [4.69, 9.17) is 6.42 Å². The Bertz CT molecular complexity index is 269. The van der Waals surface area contributed by atoms with Crippen LogP contribution in [-0.4, -0.2) is 10.7 Å². The molecule has 0 fully saturated rings. The first-order valence-corrected chi connectivity index (χ1v) is 5.33. The summed E-state index contributed by atoms with van der Waals surface area (Å²) in [4.78, 5) is 0. The molecule has 0 radical (unpaired) electrons. The SMILES string of the molecule is C#CC1(O)C=CC(C(C)(C)CC)CC1. The van der Waals surface area contributed by atoms with Gasteiger partial charge < -0.3 is 5.11 Å². The van der Waals surface area contributed by atoms with Crippen molar-refractivity contribution in [1.29, 1.82) is 0 Å². The van der Waals surface area contributed by atoms with Crippen LogP contribution >= 0.6 is 0 Å². The summed E-state index contributed by atoms with van der Waals surface area (Å²) < 4.78 is 0. The summed E-state index contributed by atoms with van der Waals surface area (Å²) in [5, 5.41) is 9.81. The van der Waals surface area contributed by atoms with Crippen molar-refractivity contribution in [2.75, 3.05) is 0 Å². The minimum atomic E-state index is -0.986. The first-order valence-electron chi connectivity index (χ1n) is 5.33. The molecule has 78 valence electrons. The highest BCUT2D eigenvalue weighted by molar-refractivity contribution is 5.22. The van der Waals surface area contributed by atoms with Crippen molar-refractivity contribution in [2.24, 2.45) is 11.3 Å². The molecule has 0 saturated heterocycles. The van der Waals surface area contributed by atoms with Crippen molar-refractivity contribution in [3.05, 3.63) is 12.2 Å². The molecule has 0 aromatic carbocycles. The third-order valence-corrected chi connectivity index (χ3v) is 3.61. The number of hydrogen-bond acceptors (Lipinski definition) is 1. The summed E-state index contributed by atoms with van der Waals surface area (Å²) in [5.74, 6) is 2.98. The lowest BCUT2D eigenvalue weighted by molar-refractivity contribution is 0.107. The Kier molecular flexibility index (Phi) is 3.07. The predicted octanol–water partition coefficient (Wildman–Crippen LogP) is 2.75. The van der Waals surface area contributed by atoms with Crippen LogP contribution in [-0.2, 0) is 0 Å². The van der Waals surface area contributed by atoms with Gasteiger partial charge in [-0.3, -0.25) is 0 Å². The molecule has 1 nitrogen and oxygen atoms in total. The molecule has 0 aromatic heterocycles. The fourth-order valence-corrected chi connectivity index (χ4v) is 1.86. The summed E-state index contributed by atoms with van der Waals surface area (Å²) in [6.07, 6.45) is 12.0. The Labute approximate surface area is 87.2 Å². The van der Waals surface area contributed by atoms with Gasteiger partial charge in [-0.25, -0.2) is 0 Å². The van der Waals surface area contributed by atoms with Gasteiger partial charge in [0.1, 0.15) is 5.60 Å². The van der Waals surface area contributed by atoms with Gasteiger partial charge in [-0.1, -0.05) is 39.2 Å². The van der Waals surface area contributed by atoms with Crippen LogP contribution in [0.5, 0.6) is 0 Å². The lowest BCUT2D eigenvalue weighted by Crippen LogP contribution is -2.32. The van der Waals surface area contributed by atoms with Gasteiger partial charge in [-0.15, -0.1) is 6.42 Å². The lowest BCUT2D eigenvalue weighted by atomic mass is 9.70. The van der Waals surface area contributed by atoms with Gasteiger partial charge in [-0.2, -0.15) is 0 Å². The molecule has 0 bridgehead atoms. The van der Waals surface area contributed by atoms with Gasteiger partial charge in [0.2, 0.25) is 0 Å². The molecular weight excluding hydrogens is 172 g/mol. The molecule has 14 heavy (non-hydrogen) atoms. The maximum Gasteiger partial charge on any atom is 0.143 e. The smallest absolute Gasteiger partial charge is 0.143 e. The molecule has 2 unspecified atom stereocenters. The van der Waals surface area contributed by atoms with Crippen molar-refractivity contribution < 1.29 is 5.11 Å². The largest absolute Gasteiger partial charge is 0.374 e. The Balaban J connectivity index is 2.75. The van der Waals surface area contributed by atoms with Crippen molar-refractivity contribution in [3.8, 4) is 12.3 Å². The first-order chi connectivity index (χ1) is 6.43. The maximum absolute atomic E-state index is 9.81. The first kappa shape index (κ1) is 11.3. The Morgan fingerprint density at radius 1 is 1.64 bits per heavy atom. The fourth-order valence-electron chi connectivity index (χ4n) is 1.86.